The topological polar surface area (TPSA) is 42.8 Å². The molecule has 0 aliphatic carbocycles. The molecule has 0 aliphatic heterocycles. The molecule has 19 heavy (non-hydrogen) atoms. The van der Waals surface area contributed by atoms with Crippen LogP contribution in [0.4, 0.5) is 0 Å². The first-order valence-corrected chi connectivity index (χ1v) is 6.97. The van der Waals surface area contributed by atoms with Gasteiger partial charge in [0.2, 0.25) is 0 Å². The molecule has 0 saturated heterocycles. The fourth-order valence-electron chi connectivity index (χ4n) is 1.99. The van der Waals surface area contributed by atoms with Gasteiger partial charge in [-0.05, 0) is 38.1 Å². The van der Waals surface area contributed by atoms with E-state index >= 15 is 0 Å². The van der Waals surface area contributed by atoms with Gasteiger partial charge in [0.05, 0.1) is 26.7 Å². The Bertz CT molecular complexity index is 372. The molecule has 1 aromatic rings. The molecular formula is C15H25N2O2+. The van der Waals surface area contributed by atoms with Crippen molar-refractivity contribution in [3.05, 3.63) is 29.8 Å². The summed E-state index contributed by atoms with van der Waals surface area (Å²) in [4.78, 5) is 13.4. The van der Waals surface area contributed by atoms with Crippen molar-refractivity contribution in [3.63, 3.8) is 0 Å². The van der Waals surface area contributed by atoms with Gasteiger partial charge in [-0.15, -0.1) is 0 Å². The van der Waals surface area contributed by atoms with Crippen molar-refractivity contribution < 1.29 is 14.4 Å². The highest BCUT2D eigenvalue weighted by molar-refractivity contribution is 5.94. The summed E-state index contributed by atoms with van der Waals surface area (Å²) in [6.07, 6.45) is 1.01. The molecule has 0 aliphatic rings. The zero-order valence-electron chi connectivity index (χ0n) is 12.2. The van der Waals surface area contributed by atoms with Gasteiger partial charge in [0.1, 0.15) is 5.75 Å². The normalized spacial score (nSPS) is 10.5. The monoisotopic (exact) mass is 265 g/mol. The van der Waals surface area contributed by atoms with Crippen molar-refractivity contribution in [2.75, 3.05) is 33.3 Å². The molecule has 0 bridgehead atoms. The van der Waals surface area contributed by atoms with Gasteiger partial charge in [-0.2, -0.15) is 0 Å². The van der Waals surface area contributed by atoms with E-state index in [1.54, 1.807) is 36.3 Å². The summed E-state index contributed by atoms with van der Waals surface area (Å²) in [5, 5.41) is 2.95. The minimum atomic E-state index is -0.0165. The van der Waals surface area contributed by atoms with Crippen LogP contribution in [0.15, 0.2) is 24.3 Å². The fourth-order valence-corrected chi connectivity index (χ4v) is 1.99. The predicted molar refractivity (Wildman–Crippen MR) is 76.9 cm³/mol. The smallest absolute Gasteiger partial charge is 0.251 e. The SMILES string of the molecule is CC[NH+](CC)CCCNC(=O)c1ccc(OC)cc1. The summed E-state index contributed by atoms with van der Waals surface area (Å²) < 4.78 is 5.06. The highest BCUT2D eigenvalue weighted by Crippen LogP contribution is 2.10. The Kier molecular flexibility index (Phi) is 6.97. The fraction of sp³-hybridized carbons (Fsp3) is 0.533. The molecular weight excluding hydrogens is 240 g/mol. The van der Waals surface area contributed by atoms with Crippen LogP contribution in [0.25, 0.3) is 0 Å². The van der Waals surface area contributed by atoms with Crippen LogP contribution < -0.4 is 15.0 Å². The summed E-state index contributed by atoms with van der Waals surface area (Å²) >= 11 is 0. The van der Waals surface area contributed by atoms with Gasteiger partial charge in [0, 0.05) is 18.5 Å². The lowest BCUT2D eigenvalue weighted by Crippen LogP contribution is -3.11. The number of hydrogen-bond donors (Lipinski definition) is 2. The Morgan fingerprint density at radius 3 is 2.37 bits per heavy atom. The largest absolute Gasteiger partial charge is 0.497 e. The number of hydrogen-bond acceptors (Lipinski definition) is 2. The van der Waals surface area contributed by atoms with Crippen LogP contribution in [0.1, 0.15) is 30.6 Å². The maximum absolute atomic E-state index is 11.9. The van der Waals surface area contributed by atoms with E-state index in [1.165, 1.54) is 0 Å². The van der Waals surface area contributed by atoms with Gasteiger partial charge >= 0.3 is 0 Å². The van der Waals surface area contributed by atoms with Gasteiger partial charge in [0.25, 0.3) is 5.91 Å². The molecule has 0 spiro atoms. The van der Waals surface area contributed by atoms with Crippen molar-refractivity contribution in [3.8, 4) is 5.75 Å². The molecule has 0 saturated carbocycles. The Labute approximate surface area is 115 Å². The Hall–Kier alpha value is -1.55. The summed E-state index contributed by atoms with van der Waals surface area (Å²) in [5.74, 6) is 0.749. The highest BCUT2D eigenvalue weighted by Gasteiger charge is 2.06. The first-order valence-electron chi connectivity index (χ1n) is 6.97. The molecule has 0 fully saturated rings. The van der Waals surface area contributed by atoms with Crippen LogP contribution in [0.2, 0.25) is 0 Å². The number of amides is 1. The van der Waals surface area contributed by atoms with Crippen molar-refractivity contribution in [1.82, 2.24) is 5.32 Å². The quantitative estimate of drug-likeness (QED) is 0.681. The lowest BCUT2D eigenvalue weighted by atomic mass is 10.2. The molecule has 0 radical (unpaired) electrons. The minimum absolute atomic E-state index is 0.0165. The molecule has 2 N–H and O–H groups in total. The van der Waals surface area contributed by atoms with Gasteiger partial charge in [-0.25, -0.2) is 0 Å². The Balaban J connectivity index is 2.30. The van der Waals surface area contributed by atoms with Crippen LogP contribution in [0.3, 0.4) is 0 Å². The maximum Gasteiger partial charge on any atom is 0.251 e. The van der Waals surface area contributed by atoms with Crippen molar-refractivity contribution >= 4 is 5.91 Å². The van der Waals surface area contributed by atoms with E-state index in [4.69, 9.17) is 4.74 Å². The van der Waals surface area contributed by atoms with Gasteiger partial charge < -0.3 is 15.0 Å². The Morgan fingerprint density at radius 2 is 1.84 bits per heavy atom. The number of nitrogens with one attached hydrogen (secondary N) is 2. The summed E-state index contributed by atoms with van der Waals surface area (Å²) in [6.45, 7) is 8.50. The number of carbonyl (C=O) groups excluding carboxylic acids is 1. The molecule has 1 rings (SSSR count). The summed E-state index contributed by atoms with van der Waals surface area (Å²) in [6, 6.07) is 7.16. The van der Waals surface area contributed by atoms with E-state index < -0.39 is 0 Å². The van der Waals surface area contributed by atoms with Gasteiger partial charge in [-0.1, -0.05) is 0 Å². The van der Waals surface area contributed by atoms with Crippen LogP contribution in [-0.2, 0) is 0 Å². The van der Waals surface area contributed by atoms with E-state index in [0.717, 1.165) is 38.3 Å². The number of methoxy groups -OCH3 is 1. The lowest BCUT2D eigenvalue weighted by molar-refractivity contribution is -0.896. The van der Waals surface area contributed by atoms with E-state index in [-0.39, 0.29) is 5.91 Å². The molecule has 0 atom stereocenters. The van der Waals surface area contributed by atoms with Crippen molar-refractivity contribution in [2.45, 2.75) is 20.3 Å². The van der Waals surface area contributed by atoms with Crippen LogP contribution >= 0.6 is 0 Å². The molecule has 0 aromatic heterocycles. The molecule has 4 nitrogen and oxygen atoms in total. The highest BCUT2D eigenvalue weighted by atomic mass is 16.5. The third kappa shape index (κ3) is 5.30. The molecule has 0 heterocycles. The van der Waals surface area contributed by atoms with E-state index in [0.29, 0.717) is 5.56 Å². The standard InChI is InChI=1S/C15H24N2O2/c1-4-17(5-2)12-6-11-16-15(18)13-7-9-14(19-3)10-8-13/h7-10H,4-6,11-12H2,1-3H3,(H,16,18)/p+1. The second-order valence-electron chi connectivity index (χ2n) is 4.55. The number of quaternary nitrogens is 1. The summed E-state index contributed by atoms with van der Waals surface area (Å²) in [7, 11) is 1.62. The average molecular weight is 265 g/mol. The first-order chi connectivity index (χ1) is 9.21. The first kappa shape index (κ1) is 15.5. The third-order valence-electron chi connectivity index (χ3n) is 3.34. The number of ether oxygens (including phenoxy) is 1. The second-order valence-corrected chi connectivity index (χ2v) is 4.55. The second kappa shape index (κ2) is 8.53. The molecule has 1 amide bonds. The van der Waals surface area contributed by atoms with E-state index in [1.807, 2.05) is 0 Å². The molecule has 0 unspecified atom stereocenters. The van der Waals surface area contributed by atoms with E-state index in [9.17, 15) is 4.79 Å². The zero-order chi connectivity index (χ0) is 14.1. The van der Waals surface area contributed by atoms with Crippen molar-refractivity contribution in [1.29, 1.82) is 0 Å². The van der Waals surface area contributed by atoms with Gasteiger partial charge in [-0.3, -0.25) is 4.79 Å². The van der Waals surface area contributed by atoms with Crippen molar-refractivity contribution in [2.24, 2.45) is 0 Å². The molecule has 106 valence electrons. The zero-order valence-corrected chi connectivity index (χ0v) is 12.2. The lowest BCUT2D eigenvalue weighted by Gasteiger charge is -2.15. The number of rotatable bonds is 8. The number of carbonyl (C=O) groups is 1. The van der Waals surface area contributed by atoms with E-state index in [2.05, 4.69) is 19.2 Å². The predicted octanol–water partition coefficient (Wildman–Crippen LogP) is 0.740. The summed E-state index contributed by atoms with van der Waals surface area (Å²) in [5.41, 5.74) is 0.677. The average Bonchev–Trinajstić information content (AvgIpc) is 2.47. The maximum atomic E-state index is 11.9. The van der Waals surface area contributed by atoms with Crippen LogP contribution in [0.5, 0.6) is 5.75 Å². The van der Waals surface area contributed by atoms with Crippen LogP contribution in [0, 0.1) is 0 Å². The Morgan fingerprint density at radius 1 is 1.21 bits per heavy atom. The van der Waals surface area contributed by atoms with Crippen LogP contribution in [-0.4, -0.2) is 39.2 Å². The molecule has 4 heteroatoms. The number of benzene rings is 1. The molecule has 1 aromatic carbocycles. The van der Waals surface area contributed by atoms with Gasteiger partial charge in [0.15, 0.2) is 0 Å². The third-order valence-corrected chi connectivity index (χ3v) is 3.34. The minimum Gasteiger partial charge on any atom is -0.497 e.